The second-order valence-electron chi connectivity index (χ2n) is 7.23. The van der Waals surface area contributed by atoms with Crippen LogP contribution in [0.4, 0.5) is 0 Å². The summed E-state index contributed by atoms with van der Waals surface area (Å²) in [5.41, 5.74) is 3.09. The summed E-state index contributed by atoms with van der Waals surface area (Å²) < 4.78 is 16.4. The summed E-state index contributed by atoms with van der Waals surface area (Å²) in [6, 6.07) is 17.0. The van der Waals surface area contributed by atoms with Gasteiger partial charge in [0.05, 0.1) is 0 Å². The molecule has 8 nitrogen and oxygen atoms in total. The van der Waals surface area contributed by atoms with Crippen molar-refractivity contribution in [3.63, 3.8) is 0 Å². The highest BCUT2D eigenvalue weighted by atomic mass is 16.5. The lowest BCUT2D eigenvalue weighted by Gasteiger charge is -2.12. The van der Waals surface area contributed by atoms with Gasteiger partial charge in [-0.2, -0.15) is 4.98 Å². The van der Waals surface area contributed by atoms with Crippen LogP contribution in [0.15, 0.2) is 63.6 Å². The number of para-hydroxylation sites is 1. The predicted molar refractivity (Wildman–Crippen MR) is 112 cm³/mol. The number of ether oxygens (including phenoxy) is 1. The molecule has 2 aromatic carbocycles. The standard InChI is InChI=1S/C23H22N4O4/c1-15-8-7-9-16(2)21(15)29-14-18-12-19(25-30-18)23(28)27(3)13-20-24-22(26-31-20)17-10-5-4-6-11-17/h4-12H,13-14H2,1-3H3. The summed E-state index contributed by atoms with van der Waals surface area (Å²) in [5.74, 6) is 1.75. The monoisotopic (exact) mass is 418 g/mol. The zero-order valence-corrected chi connectivity index (χ0v) is 17.5. The molecule has 0 N–H and O–H groups in total. The molecule has 8 heteroatoms. The molecular weight excluding hydrogens is 396 g/mol. The van der Waals surface area contributed by atoms with Gasteiger partial charge in [0.15, 0.2) is 11.5 Å². The summed E-state index contributed by atoms with van der Waals surface area (Å²) in [6.07, 6.45) is 0. The molecule has 0 aliphatic rings. The van der Waals surface area contributed by atoms with Gasteiger partial charge >= 0.3 is 0 Å². The maximum Gasteiger partial charge on any atom is 0.276 e. The van der Waals surface area contributed by atoms with Crippen LogP contribution in [-0.2, 0) is 13.2 Å². The Bertz CT molecular complexity index is 1160. The molecule has 0 fully saturated rings. The van der Waals surface area contributed by atoms with Crippen LogP contribution in [0.2, 0.25) is 0 Å². The van der Waals surface area contributed by atoms with Gasteiger partial charge in [0.2, 0.25) is 11.7 Å². The maximum atomic E-state index is 12.7. The number of aromatic nitrogens is 3. The first-order chi connectivity index (χ1) is 15.0. The van der Waals surface area contributed by atoms with E-state index in [1.54, 1.807) is 13.1 Å². The molecule has 158 valence electrons. The van der Waals surface area contributed by atoms with E-state index >= 15 is 0 Å². The summed E-state index contributed by atoms with van der Waals surface area (Å²) in [5, 5.41) is 7.84. The molecule has 0 saturated carbocycles. The number of benzene rings is 2. The molecule has 4 rings (SSSR count). The molecule has 0 spiro atoms. The van der Waals surface area contributed by atoms with Gasteiger partial charge in [-0.05, 0) is 25.0 Å². The summed E-state index contributed by atoms with van der Waals surface area (Å²) >= 11 is 0. The Kier molecular flexibility index (Phi) is 5.79. The van der Waals surface area contributed by atoms with E-state index in [0.29, 0.717) is 17.5 Å². The number of amides is 1. The highest BCUT2D eigenvalue weighted by molar-refractivity contribution is 5.91. The van der Waals surface area contributed by atoms with Crippen LogP contribution in [0, 0.1) is 13.8 Å². The first-order valence-electron chi connectivity index (χ1n) is 9.79. The lowest BCUT2D eigenvalue weighted by Crippen LogP contribution is -2.26. The van der Waals surface area contributed by atoms with Crippen molar-refractivity contribution in [1.29, 1.82) is 0 Å². The number of aryl methyl sites for hydroxylation is 2. The smallest absolute Gasteiger partial charge is 0.276 e. The van der Waals surface area contributed by atoms with Gasteiger partial charge in [-0.3, -0.25) is 4.79 Å². The second-order valence-corrected chi connectivity index (χ2v) is 7.23. The van der Waals surface area contributed by atoms with Crippen molar-refractivity contribution in [2.24, 2.45) is 0 Å². The van der Waals surface area contributed by atoms with Crippen LogP contribution < -0.4 is 4.74 Å². The highest BCUT2D eigenvalue weighted by Crippen LogP contribution is 2.23. The van der Waals surface area contributed by atoms with Crippen LogP contribution >= 0.6 is 0 Å². The largest absolute Gasteiger partial charge is 0.485 e. The van der Waals surface area contributed by atoms with E-state index in [0.717, 1.165) is 22.4 Å². The van der Waals surface area contributed by atoms with Crippen molar-refractivity contribution in [2.45, 2.75) is 27.0 Å². The zero-order chi connectivity index (χ0) is 21.8. The van der Waals surface area contributed by atoms with E-state index in [-0.39, 0.29) is 24.8 Å². The van der Waals surface area contributed by atoms with Gasteiger partial charge in [0.25, 0.3) is 5.91 Å². The quantitative estimate of drug-likeness (QED) is 0.444. The fourth-order valence-electron chi connectivity index (χ4n) is 3.15. The average molecular weight is 418 g/mol. The van der Waals surface area contributed by atoms with E-state index in [2.05, 4.69) is 15.3 Å². The van der Waals surface area contributed by atoms with Crippen LogP contribution in [0.25, 0.3) is 11.4 Å². The third-order valence-electron chi connectivity index (χ3n) is 4.76. The molecule has 4 aromatic rings. The fourth-order valence-corrected chi connectivity index (χ4v) is 3.15. The Hall–Kier alpha value is -3.94. The molecule has 0 atom stereocenters. The summed E-state index contributed by atoms with van der Waals surface area (Å²) in [7, 11) is 1.64. The van der Waals surface area contributed by atoms with Gasteiger partial charge in [0.1, 0.15) is 18.9 Å². The zero-order valence-electron chi connectivity index (χ0n) is 17.5. The second kappa shape index (κ2) is 8.83. The number of carbonyl (C=O) groups is 1. The van der Waals surface area contributed by atoms with E-state index in [1.165, 1.54) is 4.90 Å². The van der Waals surface area contributed by atoms with Crippen molar-refractivity contribution in [1.82, 2.24) is 20.2 Å². The average Bonchev–Trinajstić information content (AvgIpc) is 3.43. The molecule has 0 unspecified atom stereocenters. The molecule has 2 heterocycles. The lowest BCUT2D eigenvalue weighted by molar-refractivity contribution is 0.0759. The molecule has 0 radical (unpaired) electrons. The lowest BCUT2D eigenvalue weighted by atomic mass is 10.1. The normalized spacial score (nSPS) is 10.8. The molecule has 31 heavy (non-hydrogen) atoms. The molecular formula is C23H22N4O4. The minimum atomic E-state index is -0.318. The van der Waals surface area contributed by atoms with Crippen LogP contribution in [0.5, 0.6) is 5.75 Å². The Morgan fingerprint density at radius 2 is 1.74 bits per heavy atom. The summed E-state index contributed by atoms with van der Waals surface area (Å²) in [6.45, 7) is 4.29. The molecule has 1 amide bonds. The molecule has 0 aliphatic carbocycles. The highest BCUT2D eigenvalue weighted by Gasteiger charge is 2.20. The van der Waals surface area contributed by atoms with Crippen molar-refractivity contribution < 1.29 is 18.6 Å². The van der Waals surface area contributed by atoms with Crippen molar-refractivity contribution >= 4 is 5.91 Å². The number of hydrogen-bond acceptors (Lipinski definition) is 7. The van der Waals surface area contributed by atoms with Crippen molar-refractivity contribution in [3.05, 3.63) is 83.1 Å². The number of nitrogens with zero attached hydrogens (tertiary/aromatic N) is 4. The number of hydrogen-bond donors (Lipinski definition) is 0. The Morgan fingerprint density at radius 3 is 2.48 bits per heavy atom. The molecule has 2 aromatic heterocycles. The first-order valence-corrected chi connectivity index (χ1v) is 9.79. The minimum absolute atomic E-state index is 0.153. The van der Waals surface area contributed by atoms with E-state index in [1.807, 2.05) is 62.4 Å². The molecule has 0 aliphatic heterocycles. The van der Waals surface area contributed by atoms with E-state index in [9.17, 15) is 4.79 Å². The molecule has 0 bridgehead atoms. The van der Waals surface area contributed by atoms with Crippen LogP contribution in [0.1, 0.15) is 33.3 Å². The third kappa shape index (κ3) is 4.63. The fraction of sp³-hybridized carbons (Fsp3) is 0.217. The molecule has 0 saturated heterocycles. The summed E-state index contributed by atoms with van der Waals surface area (Å²) in [4.78, 5) is 18.5. The van der Waals surface area contributed by atoms with E-state index < -0.39 is 0 Å². The van der Waals surface area contributed by atoms with Gasteiger partial charge in [-0.25, -0.2) is 0 Å². The van der Waals surface area contributed by atoms with Crippen LogP contribution in [-0.4, -0.2) is 33.2 Å². The van der Waals surface area contributed by atoms with Crippen molar-refractivity contribution in [3.8, 4) is 17.1 Å². The SMILES string of the molecule is Cc1cccc(C)c1OCc1cc(C(=O)N(C)Cc2nc(-c3ccccc3)no2)no1. The van der Waals surface area contributed by atoms with Crippen LogP contribution in [0.3, 0.4) is 0 Å². The van der Waals surface area contributed by atoms with Crippen molar-refractivity contribution in [2.75, 3.05) is 7.05 Å². The minimum Gasteiger partial charge on any atom is -0.485 e. The van der Waals surface area contributed by atoms with Gasteiger partial charge in [0, 0.05) is 18.7 Å². The van der Waals surface area contributed by atoms with Gasteiger partial charge in [-0.15, -0.1) is 0 Å². The topological polar surface area (TPSA) is 94.5 Å². The Balaban J connectivity index is 1.37. The van der Waals surface area contributed by atoms with E-state index in [4.69, 9.17) is 13.8 Å². The predicted octanol–water partition coefficient (Wildman–Crippen LogP) is 4.19. The number of carbonyl (C=O) groups excluding carboxylic acids is 1. The Labute approximate surface area is 179 Å². The van der Waals surface area contributed by atoms with Gasteiger partial charge < -0.3 is 18.7 Å². The Morgan fingerprint density at radius 1 is 1.00 bits per heavy atom. The number of rotatable bonds is 7. The third-order valence-corrected chi connectivity index (χ3v) is 4.76. The maximum absolute atomic E-state index is 12.7. The first kappa shape index (κ1) is 20.3. The van der Waals surface area contributed by atoms with Gasteiger partial charge in [-0.1, -0.05) is 58.8 Å².